The number of hydrogen-bond acceptors (Lipinski definition) is 2. The third-order valence-electron chi connectivity index (χ3n) is 7.09. The third kappa shape index (κ3) is 27.7. The van der Waals surface area contributed by atoms with Crippen LogP contribution in [0.15, 0.2) is 106 Å². The van der Waals surface area contributed by atoms with Crippen LogP contribution in [0.1, 0.15) is 133 Å². The monoisotopic (exact) mass is 576 g/mol. The van der Waals surface area contributed by atoms with Crippen molar-refractivity contribution in [1.82, 2.24) is 0 Å². The Morgan fingerprint density at radius 1 is 0.476 bits per heavy atom. The smallest absolute Gasteiger partial charge is 0.0591 e. The van der Waals surface area contributed by atoms with Crippen LogP contribution in [-0.4, -0.2) is 21.4 Å². The van der Waals surface area contributed by atoms with E-state index in [0.29, 0.717) is 0 Å². The number of rotatable bonds is 20. The van der Waals surface area contributed by atoms with Crippen LogP contribution in [0, 0.1) is 0 Å². The van der Waals surface area contributed by atoms with Gasteiger partial charge in [-0.2, -0.15) is 0 Å². The number of aliphatic hydroxyl groups is 2. The molecule has 0 saturated carbocycles. The van der Waals surface area contributed by atoms with E-state index in [1.807, 2.05) is 27.7 Å². The minimum atomic E-state index is -0.559. The summed E-state index contributed by atoms with van der Waals surface area (Å²) in [4.78, 5) is 0. The Morgan fingerprint density at radius 3 is 1.17 bits per heavy atom. The Balaban J connectivity index is 4.48. The van der Waals surface area contributed by atoms with Crippen LogP contribution >= 0.6 is 0 Å². The summed E-state index contributed by atoms with van der Waals surface area (Å²) in [7, 11) is 0. The van der Waals surface area contributed by atoms with E-state index >= 15 is 0 Å². The lowest BCUT2D eigenvalue weighted by molar-refractivity contribution is 0.0683. The maximum absolute atomic E-state index is 9.83. The molecule has 0 saturated heterocycles. The van der Waals surface area contributed by atoms with Crippen molar-refractivity contribution in [3.8, 4) is 0 Å². The normalized spacial score (nSPS) is 15.7. The lowest BCUT2D eigenvalue weighted by Gasteiger charge is -2.16. The Kier molecular flexibility index (Phi) is 20.9. The van der Waals surface area contributed by atoms with E-state index in [-0.39, 0.29) is 0 Å². The molecule has 0 bridgehead atoms. The van der Waals surface area contributed by atoms with E-state index < -0.39 is 11.2 Å². The maximum Gasteiger partial charge on any atom is 0.0591 e. The van der Waals surface area contributed by atoms with Crippen molar-refractivity contribution < 1.29 is 10.2 Å². The molecule has 0 unspecified atom stereocenters. The van der Waals surface area contributed by atoms with Gasteiger partial charge in [0.25, 0.3) is 0 Å². The fourth-order valence-corrected chi connectivity index (χ4v) is 4.32. The molecule has 0 amide bonds. The van der Waals surface area contributed by atoms with Gasteiger partial charge in [-0.15, -0.1) is 0 Å². The van der Waals surface area contributed by atoms with Crippen LogP contribution in [0.25, 0.3) is 0 Å². The van der Waals surface area contributed by atoms with Gasteiger partial charge in [-0.25, -0.2) is 0 Å². The maximum atomic E-state index is 9.83. The summed E-state index contributed by atoms with van der Waals surface area (Å²) in [6.45, 7) is 20.6. The third-order valence-corrected chi connectivity index (χ3v) is 7.09. The molecule has 0 fully saturated rings. The Morgan fingerprint density at radius 2 is 0.833 bits per heavy atom. The lowest BCUT2D eigenvalue weighted by atomic mass is 9.99. The minimum Gasteiger partial charge on any atom is -0.390 e. The van der Waals surface area contributed by atoms with Gasteiger partial charge in [0.15, 0.2) is 0 Å². The Labute approximate surface area is 260 Å². The van der Waals surface area contributed by atoms with E-state index in [2.05, 4.69) is 114 Å². The molecule has 42 heavy (non-hydrogen) atoms. The molecule has 0 heterocycles. The van der Waals surface area contributed by atoms with Crippen molar-refractivity contribution in [3.63, 3.8) is 0 Å². The molecule has 0 aromatic heterocycles. The highest BCUT2D eigenvalue weighted by molar-refractivity contribution is 5.29. The molecular weight excluding hydrogens is 512 g/mol. The van der Waals surface area contributed by atoms with Gasteiger partial charge in [0.05, 0.1) is 11.2 Å². The molecule has 0 aromatic rings. The van der Waals surface area contributed by atoms with Gasteiger partial charge in [0.2, 0.25) is 0 Å². The molecule has 0 aromatic carbocycles. The first-order chi connectivity index (χ1) is 19.6. The molecule has 2 nitrogen and oxygen atoms in total. The molecule has 0 spiro atoms. The number of hydrogen-bond donors (Lipinski definition) is 2. The molecule has 0 aliphatic carbocycles. The fourth-order valence-electron chi connectivity index (χ4n) is 4.32. The van der Waals surface area contributed by atoms with Gasteiger partial charge in [0.1, 0.15) is 0 Å². The summed E-state index contributed by atoms with van der Waals surface area (Å²) in [6, 6.07) is 0. The van der Waals surface area contributed by atoms with Gasteiger partial charge < -0.3 is 10.2 Å². The van der Waals surface area contributed by atoms with Crippen LogP contribution in [0.3, 0.4) is 0 Å². The molecule has 0 radical (unpaired) electrons. The zero-order valence-electron chi connectivity index (χ0n) is 28.9. The van der Waals surface area contributed by atoms with Crippen molar-refractivity contribution >= 4 is 0 Å². The van der Waals surface area contributed by atoms with Crippen LogP contribution in [-0.2, 0) is 0 Å². The van der Waals surface area contributed by atoms with Crippen LogP contribution < -0.4 is 0 Å². The first kappa shape index (κ1) is 39.6. The first-order valence-corrected chi connectivity index (χ1v) is 16.0. The highest BCUT2D eigenvalue weighted by Crippen LogP contribution is 2.18. The molecule has 0 rings (SSSR count). The predicted molar refractivity (Wildman–Crippen MR) is 189 cm³/mol. The highest BCUT2D eigenvalue weighted by Gasteiger charge is 2.11. The molecule has 0 atom stereocenters. The SMILES string of the molecule is CC(C=CC=C(C)CCC=C(C)CCCC(C)(C)O)=CC=CC=C(C)C=CC=C(C)CCC=C(C)CCCC(C)(C)O. The summed E-state index contributed by atoms with van der Waals surface area (Å²) in [5.41, 5.74) is 6.94. The van der Waals surface area contributed by atoms with Crippen molar-refractivity contribution in [1.29, 1.82) is 0 Å². The molecule has 0 aliphatic rings. The standard InChI is InChI=1S/C40H64O2/c1-33(21-13-23-35(3)25-15-27-37(5)29-17-31-39(7,8)41)19-11-12-20-34(2)22-14-24-36(4)26-16-28-38(6)30-18-32-40(9,10)42/h11-14,19-24,27-28,41-42H,15-18,25-26,29-32H2,1-10H3. The van der Waals surface area contributed by atoms with Crippen LogP contribution in [0.4, 0.5) is 0 Å². The fraction of sp³-hybridized carbons (Fsp3) is 0.550. The molecule has 0 aliphatic heterocycles. The summed E-state index contributed by atoms with van der Waals surface area (Å²) in [6.07, 6.45) is 36.3. The van der Waals surface area contributed by atoms with E-state index in [1.165, 1.54) is 33.4 Å². The highest BCUT2D eigenvalue weighted by atomic mass is 16.3. The molecule has 2 heteroatoms. The van der Waals surface area contributed by atoms with Gasteiger partial charge in [-0.3, -0.25) is 0 Å². The van der Waals surface area contributed by atoms with E-state index in [4.69, 9.17) is 0 Å². The Hall–Kier alpha value is -2.42. The second-order valence-electron chi connectivity index (χ2n) is 13.5. The quantitative estimate of drug-likeness (QED) is 0.112. The summed E-state index contributed by atoms with van der Waals surface area (Å²) in [5.74, 6) is 0. The summed E-state index contributed by atoms with van der Waals surface area (Å²) in [5, 5.41) is 19.7. The first-order valence-electron chi connectivity index (χ1n) is 16.0. The van der Waals surface area contributed by atoms with Crippen molar-refractivity contribution in [2.24, 2.45) is 0 Å². The topological polar surface area (TPSA) is 40.5 Å². The van der Waals surface area contributed by atoms with E-state index in [1.54, 1.807) is 0 Å². The van der Waals surface area contributed by atoms with Crippen molar-refractivity contribution in [2.45, 2.75) is 145 Å². The van der Waals surface area contributed by atoms with Gasteiger partial charge in [-0.1, -0.05) is 106 Å². The molecule has 2 N–H and O–H groups in total. The van der Waals surface area contributed by atoms with Crippen molar-refractivity contribution in [2.75, 3.05) is 0 Å². The second-order valence-corrected chi connectivity index (χ2v) is 13.5. The van der Waals surface area contributed by atoms with Crippen LogP contribution in [0.5, 0.6) is 0 Å². The molecule has 236 valence electrons. The van der Waals surface area contributed by atoms with Gasteiger partial charge in [0, 0.05) is 0 Å². The lowest BCUT2D eigenvalue weighted by Crippen LogP contribution is -2.17. The van der Waals surface area contributed by atoms with Crippen LogP contribution in [0.2, 0.25) is 0 Å². The zero-order chi connectivity index (χ0) is 32.0. The average Bonchev–Trinajstić information content (AvgIpc) is 2.85. The van der Waals surface area contributed by atoms with Crippen molar-refractivity contribution in [3.05, 3.63) is 106 Å². The zero-order valence-corrected chi connectivity index (χ0v) is 28.9. The van der Waals surface area contributed by atoms with Gasteiger partial charge >= 0.3 is 0 Å². The van der Waals surface area contributed by atoms with E-state index in [0.717, 1.165) is 64.2 Å². The Bertz CT molecular complexity index is 950. The molecular formula is C40H64O2. The summed E-state index contributed by atoms with van der Waals surface area (Å²) >= 11 is 0. The predicted octanol–water partition coefficient (Wildman–Crippen LogP) is 11.8. The second kappa shape index (κ2) is 22.2. The largest absolute Gasteiger partial charge is 0.390 e. The average molecular weight is 577 g/mol. The summed E-state index contributed by atoms with van der Waals surface area (Å²) < 4.78 is 0. The van der Waals surface area contributed by atoms with Gasteiger partial charge in [-0.05, 0) is 133 Å². The number of allylic oxidation sites excluding steroid dienone is 18. The van der Waals surface area contributed by atoms with E-state index in [9.17, 15) is 10.2 Å². The minimum absolute atomic E-state index is 0.559.